The fourth-order valence-electron chi connectivity index (χ4n) is 5.31. The second kappa shape index (κ2) is 10.3. The molecule has 0 saturated heterocycles. The van der Waals surface area contributed by atoms with E-state index in [1.807, 2.05) is 32.0 Å². The summed E-state index contributed by atoms with van der Waals surface area (Å²) in [7, 11) is 0. The molecule has 0 aliphatic heterocycles. The van der Waals surface area contributed by atoms with Crippen LogP contribution in [0.15, 0.2) is 18.2 Å². The van der Waals surface area contributed by atoms with Gasteiger partial charge in [0.2, 0.25) is 5.91 Å². The summed E-state index contributed by atoms with van der Waals surface area (Å²) in [4.78, 5) is 24.6. The van der Waals surface area contributed by atoms with Crippen molar-refractivity contribution < 1.29 is 14.7 Å². The molecule has 2 aliphatic rings. The number of aryl methyl sites for hydroxylation is 2. The standard InChI is InChI=1S/C27H38N4O3/c1-5-16(2)11-19-12-22(13-19)31-27(20-7-8-20)26(29-30-31)21(15-25(33)34)14-24(32)28-23-9-6-17(3)10-18(23)4/h6,9-10,16,19-22H,5,7-8,11-15H2,1-4H3,(H,28,32)(H,33,34)/t16?,19?,21-,22?/m1/s1. The highest BCUT2D eigenvalue weighted by atomic mass is 16.4. The Morgan fingerprint density at radius 2 is 1.94 bits per heavy atom. The van der Waals surface area contributed by atoms with Gasteiger partial charge in [0, 0.05) is 23.9 Å². The molecule has 1 amide bonds. The number of nitrogens with one attached hydrogen (secondary N) is 1. The van der Waals surface area contributed by atoms with Gasteiger partial charge < -0.3 is 10.4 Å². The number of carbonyl (C=O) groups excluding carboxylic acids is 1. The first-order valence-corrected chi connectivity index (χ1v) is 12.8. The van der Waals surface area contributed by atoms with Crippen molar-refractivity contribution in [2.45, 2.75) is 96.9 Å². The molecular weight excluding hydrogens is 428 g/mol. The first kappa shape index (κ1) is 24.4. The number of carbonyl (C=O) groups is 2. The minimum atomic E-state index is -0.919. The van der Waals surface area contributed by atoms with Crippen LogP contribution in [0.2, 0.25) is 0 Å². The van der Waals surface area contributed by atoms with Gasteiger partial charge in [-0.2, -0.15) is 0 Å². The molecule has 7 nitrogen and oxygen atoms in total. The van der Waals surface area contributed by atoms with Gasteiger partial charge in [-0.3, -0.25) is 9.59 Å². The summed E-state index contributed by atoms with van der Waals surface area (Å²) in [6, 6.07) is 6.23. The molecule has 0 radical (unpaired) electrons. The average Bonchev–Trinajstić information content (AvgIpc) is 3.50. The monoisotopic (exact) mass is 466 g/mol. The second-order valence-corrected chi connectivity index (χ2v) is 10.7. The van der Waals surface area contributed by atoms with Gasteiger partial charge in [-0.15, -0.1) is 5.10 Å². The van der Waals surface area contributed by atoms with Crippen molar-refractivity contribution in [1.29, 1.82) is 0 Å². The fraction of sp³-hybridized carbons (Fsp3) is 0.630. The summed E-state index contributed by atoms with van der Waals surface area (Å²) in [6.45, 7) is 8.53. The van der Waals surface area contributed by atoms with Crippen LogP contribution < -0.4 is 5.32 Å². The lowest BCUT2D eigenvalue weighted by molar-refractivity contribution is -0.137. The summed E-state index contributed by atoms with van der Waals surface area (Å²) in [5, 5.41) is 21.6. The topological polar surface area (TPSA) is 97.1 Å². The fourth-order valence-corrected chi connectivity index (χ4v) is 5.31. The third kappa shape index (κ3) is 5.68. The summed E-state index contributed by atoms with van der Waals surface area (Å²) in [5.41, 5.74) is 4.68. The lowest BCUT2D eigenvalue weighted by atomic mass is 9.75. The maximum Gasteiger partial charge on any atom is 0.304 e. The SMILES string of the molecule is CCC(C)CC1CC(n2nnc([C@@H](CC(=O)O)CC(=O)Nc3ccc(C)cc3C)c2C2CC2)C1. The highest BCUT2D eigenvalue weighted by Gasteiger charge is 2.40. The predicted octanol–water partition coefficient (Wildman–Crippen LogP) is 5.75. The number of aliphatic carboxylic acids is 1. The number of aromatic nitrogens is 3. The first-order valence-electron chi connectivity index (χ1n) is 12.8. The Morgan fingerprint density at radius 1 is 1.21 bits per heavy atom. The number of hydrogen-bond donors (Lipinski definition) is 2. The Labute approximate surface area is 202 Å². The second-order valence-electron chi connectivity index (χ2n) is 10.7. The number of carboxylic acids is 1. The van der Waals surface area contributed by atoms with Crippen LogP contribution in [0.1, 0.15) is 106 Å². The largest absolute Gasteiger partial charge is 0.481 e. The van der Waals surface area contributed by atoms with Gasteiger partial charge in [0.05, 0.1) is 23.9 Å². The molecule has 1 heterocycles. The van der Waals surface area contributed by atoms with E-state index in [0.29, 0.717) is 17.7 Å². The van der Waals surface area contributed by atoms with E-state index in [1.54, 1.807) is 0 Å². The Hall–Kier alpha value is -2.70. The minimum Gasteiger partial charge on any atom is -0.481 e. The zero-order valence-corrected chi connectivity index (χ0v) is 20.9. The van der Waals surface area contributed by atoms with Gasteiger partial charge in [0.15, 0.2) is 0 Å². The van der Waals surface area contributed by atoms with E-state index >= 15 is 0 Å². The molecule has 1 aromatic carbocycles. The Bertz CT molecular complexity index is 1040. The molecule has 0 spiro atoms. The Balaban J connectivity index is 1.50. The highest BCUT2D eigenvalue weighted by Crippen LogP contribution is 2.48. The van der Waals surface area contributed by atoms with Crippen molar-refractivity contribution in [3.8, 4) is 0 Å². The predicted molar refractivity (Wildman–Crippen MR) is 132 cm³/mol. The molecule has 2 aromatic rings. The molecule has 2 N–H and O–H groups in total. The molecule has 184 valence electrons. The van der Waals surface area contributed by atoms with Gasteiger partial charge in [0.25, 0.3) is 0 Å². The van der Waals surface area contributed by atoms with Crippen molar-refractivity contribution in [3.05, 3.63) is 40.7 Å². The van der Waals surface area contributed by atoms with Gasteiger partial charge in [0.1, 0.15) is 0 Å². The van der Waals surface area contributed by atoms with Crippen LogP contribution in [-0.4, -0.2) is 32.0 Å². The van der Waals surface area contributed by atoms with Gasteiger partial charge in [-0.1, -0.05) is 43.2 Å². The third-order valence-electron chi connectivity index (χ3n) is 7.61. The molecule has 2 saturated carbocycles. The van der Waals surface area contributed by atoms with Crippen LogP contribution in [0.4, 0.5) is 5.69 Å². The molecule has 2 aliphatic carbocycles. The van der Waals surface area contributed by atoms with Crippen molar-refractivity contribution >= 4 is 17.6 Å². The third-order valence-corrected chi connectivity index (χ3v) is 7.61. The number of carboxylic acid groups (broad SMARTS) is 1. The zero-order valence-electron chi connectivity index (χ0n) is 20.9. The summed E-state index contributed by atoms with van der Waals surface area (Å²) in [6.07, 6.45) is 6.82. The maximum atomic E-state index is 12.9. The van der Waals surface area contributed by atoms with Crippen LogP contribution in [-0.2, 0) is 9.59 Å². The van der Waals surface area contributed by atoms with Crippen LogP contribution in [0, 0.1) is 25.7 Å². The van der Waals surface area contributed by atoms with E-state index in [4.69, 9.17) is 0 Å². The summed E-state index contributed by atoms with van der Waals surface area (Å²) >= 11 is 0. The van der Waals surface area contributed by atoms with Crippen molar-refractivity contribution in [2.75, 3.05) is 5.32 Å². The van der Waals surface area contributed by atoms with Crippen molar-refractivity contribution in [2.24, 2.45) is 11.8 Å². The summed E-state index contributed by atoms with van der Waals surface area (Å²) in [5.74, 6) is 0.277. The van der Waals surface area contributed by atoms with Gasteiger partial charge in [-0.05, 0) is 69.4 Å². The molecule has 2 atom stereocenters. The van der Waals surface area contributed by atoms with E-state index < -0.39 is 11.9 Å². The molecule has 7 heteroatoms. The molecule has 2 fully saturated rings. The van der Waals surface area contributed by atoms with E-state index in [9.17, 15) is 14.7 Å². The lowest BCUT2D eigenvalue weighted by Crippen LogP contribution is -2.30. The minimum absolute atomic E-state index is 0.0827. The Morgan fingerprint density at radius 3 is 2.56 bits per heavy atom. The quantitative estimate of drug-likeness (QED) is 0.440. The number of hydrogen-bond acceptors (Lipinski definition) is 4. The number of rotatable bonds is 11. The smallest absolute Gasteiger partial charge is 0.304 e. The summed E-state index contributed by atoms with van der Waals surface area (Å²) < 4.78 is 2.08. The average molecular weight is 467 g/mol. The van der Waals surface area contributed by atoms with E-state index in [2.05, 4.69) is 34.2 Å². The maximum absolute atomic E-state index is 12.9. The number of anilines is 1. The van der Waals surface area contributed by atoms with E-state index in [-0.39, 0.29) is 18.7 Å². The number of nitrogens with zero attached hydrogens (tertiary/aromatic N) is 3. The van der Waals surface area contributed by atoms with Crippen LogP contribution >= 0.6 is 0 Å². The molecule has 1 aromatic heterocycles. The molecular formula is C27H38N4O3. The number of amides is 1. The van der Waals surface area contributed by atoms with Crippen LogP contribution in [0.25, 0.3) is 0 Å². The number of benzene rings is 1. The molecule has 4 rings (SSSR count). The van der Waals surface area contributed by atoms with Crippen LogP contribution in [0.3, 0.4) is 0 Å². The van der Waals surface area contributed by atoms with Gasteiger partial charge >= 0.3 is 5.97 Å². The van der Waals surface area contributed by atoms with Crippen molar-refractivity contribution in [1.82, 2.24) is 15.0 Å². The van der Waals surface area contributed by atoms with Crippen LogP contribution in [0.5, 0.6) is 0 Å². The molecule has 0 bridgehead atoms. The Kier molecular flexibility index (Phi) is 7.39. The van der Waals surface area contributed by atoms with E-state index in [0.717, 1.165) is 60.0 Å². The van der Waals surface area contributed by atoms with E-state index in [1.165, 1.54) is 12.8 Å². The molecule has 1 unspecified atom stereocenters. The first-order chi connectivity index (χ1) is 16.2. The van der Waals surface area contributed by atoms with Crippen molar-refractivity contribution in [3.63, 3.8) is 0 Å². The molecule has 34 heavy (non-hydrogen) atoms. The normalized spacial score (nSPS) is 21.5. The highest BCUT2D eigenvalue weighted by molar-refractivity contribution is 5.92. The van der Waals surface area contributed by atoms with Gasteiger partial charge in [-0.25, -0.2) is 4.68 Å². The lowest BCUT2D eigenvalue weighted by Gasteiger charge is -2.37. The zero-order chi connectivity index (χ0) is 24.4.